The van der Waals surface area contributed by atoms with Crippen LogP contribution in [0.15, 0.2) is 30.5 Å². The maximum absolute atomic E-state index is 12.9. The van der Waals surface area contributed by atoms with E-state index in [1.54, 1.807) is 6.20 Å². The van der Waals surface area contributed by atoms with Crippen LogP contribution in [0, 0.1) is 0 Å². The Kier molecular flexibility index (Phi) is 6.44. The smallest absolute Gasteiger partial charge is 0.410 e. The zero-order chi connectivity index (χ0) is 21.8. The summed E-state index contributed by atoms with van der Waals surface area (Å²) in [7, 11) is 0. The summed E-state index contributed by atoms with van der Waals surface area (Å²) < 4.78 is 5.63. The molecule has 166 valence electrons. The van der Waals surface area contributed by atoms with Gasteiger partial charge in [-0.25, -0.2) is 9.59 Å². The number of benzene rings is 1. The molecular formula is C23H29N3O5. The average molecular weight is 428 g/mol. The van der Waals surface area contributed by atoms with Gasteiger partial charge in [0.1, 0.15) is 18.2 Å². The second-order valence-electron chi connectivity index (χ2n) is 8.46. The largest absolute Gasteiger partial charge is 0.480 e. The minimum Gasteiger partial charge on any atom is -0.480 e. The lowest BCUT2D eigenvalue weighted by molar-refractivity contribution is -0.142. The highest BCUT2D eigenvalue weighted by molar-refractivity contribution is 5.90. The number of H-pyrrole nitrogens is 1. The number of aromatic nitrogens is 1. The van der Waals surface area contributed by atoms with Crippen LogP contribution in [-0.4, -0.2) is 57.7 Å². The summed E-state index contributed by atoms with van der Waals surface area (Å²) in [5.41, 5.74) is 1.74. The van der Waals surface area contributed by atoms with Crippen LogP contribution in [0.2, 0.25) is 0 Å². The van der Waals surface area contributed by atoms with Gasteiger partial charge in [-0.1, -0.05) is 24.6 Å². The van der Waals surface area contributed by atoms with Crippen LogP contribution in [0.3, 0.4) is 0 Å². The van der Waals surface area contributed by atoms with E-state index in [2.05, 4.69) is 10.3 Å². The third-order valence-electron chi connectivity index (χ3n) is 6.32. The van der Waals surface area contributed by atoms with Gasteiger partial charge in [-0.05, 0) is 50.2 Å². The van der Waals surface area contributed by atoms with Crippen molar-refractivity contribution in [3.05, 3.63) is 36.0 Å². The second kappa shape index (κ2) is 9.41. The summed E-state index contributed by atoms with van der Waals surface area (Å²) in [6.45, 7) is 0.448. The highest BCUT2D eigenvalue weighted by Crippen LogP contribution is 2.24. The van der Waals surface area contributed by atoms with Crippen LogP contribution in [0.25, 0.3) is 10.9 Å². The number of aliphatic carboxylic acids is 1. The van der Waals surface area contributed by atoms with Crippen LogP contribution in [0.5, 0.6) is 0 Å². The molecule has 0 radical (unpaired) electrons. The molecule has 0 bridgehead atoms. The van der Waals surface area contributed by atoms with Gasteiger partial charge >= 0.3 is 12.1 Å². The molecule has 8 heteroatoms. The van der Waals surface area contributed by atoms with E-state index in [-0.39, 0.29) is 12.5 Å². The minimum atomic E-state index is -1.10. The molecule has 2 fully saturated rings. The highest BCUT2D eigenvalue weighted by Gasteiger charge is 2.37. The van der Waals surface area contributed by atoms with E-state index in [9.17, 15) is 19.5 Å². The molecule has 1 aliphatic heterocycles. The first kappa shape index (κ1) is 21.2. The maximum atomic E-state index is 12.9. The predicted molar refractivity (Wildman–Crippen MR) is 115 cm³/mol. The van der Waals surface area contributed by atoms with Crippen molar-refractivity contribution in [1.29, 1.82) is 0 Å². The lowest BCUT2D eigenvalue weighted by Gasteiger charge is -2.28. The summed E-state index contributed by atoms with van der Waals surface area (Å²) in [4.78, 5) is 42.0. The fourth-order valence-electron chi connectivity index (χ4n) is 4.64. The van der Waals surface area contributed by atoms with Crippen molar-refractivity contribution in [3.8, 4) is 0 Å². The Hall–Kier alpha value is -3.03. The molecule has 1 aliphatic carbocycles. The predicted octanol–water partition coefficient (Wildman–Crippen LogP) is 3.21. The number of likely N-dealkylation sites (tertiary alicyclic amines) is 1. The summed E-state index contributed by atoms with van der Waals surface area (Å²) in [6, 6.07) is 5.86. The molecule has 1 aromatic heterocycles. The molecule has 2 aliphatic rings. The van der Waals surface area contributed by atoms with Gasteiger partial charge < -0.3 is 20.1 Å². The van der Waals surface area contributed by atoms with E-state index in [4.69, 9.17) is 4.74 Å². The van der Waals surface area contributed by atoms with Crippen molar-refractivity contribution in [2.75, 3.05) is 6.54 Å². The first-order valence-corrected chi connectivity index (χ1v) is 11.1. The molecular weight excluding hydrogens is 398 g/mol. The number of nitrogens with zero attached hydrogens (tertiary/aromatic N) is 1. The van der Waals surface area contributed by atoms with Gasteiger partial charge in [0, 0.05) is 30.1 Å². The molecule has 2 aromatic rings. The number of hydrogen-bond donors (Lipinski definition) is 3. The van der Waals surface area contributed by atoms with Gasteiger partial charge in [-0.3, -0.25) is 9.69 Å². The fraction of sp³-hybridized carbons (Fsp3) is 0.522. The van der Waals surface area contributed by atoms with Gasteiger partial charge in [0.15, 0.2) is 0 Å². The average Bonchev–Trinajstić information content (AvgIpc) is 3.41. The summed E-state index contributed by atoms with van der Waals surface area (Å²) in [5.74, 6) is -1.54. The molecule has 0 unspecified atom stereocenters. The number of aromatic amines is 1. The lowest BCUT2D eigenvalue weighted by Crippen LogP contribution is -2.52. The van der Waals surface area contributed by atoms with Crippen LogP contribution in [-0.2, 0) is 20.7 Å². The van der Waals surface area contributed by atoms with Crippen molar-refractivity contribution in [1.82, 2.24) is 15.2 Å². The van der Waals surface area contributed by atoms with Crippen molar-refractivity contribution < 1.29 is 24.2 Å². The van der Waals surface area contributed by atoms with E-state index >= 15 is 0 Å². The summed E-state index contributed by atoms with van der Waals surface area (Å²) >= 11 is 0. The molecule has 1 aromatic carbocycles. The molecule has 0 spiro atoms. The normalized spacial score (nSPS) is 20.5. The van der Waals surface area contributed by atoms with Gasteiger partial charge in [-0.15, -0.1) is 0 Å². The molecule has 2 amide bonds. The van der Waals surface area contributed by atoms with Crippen molar-refractivity contribution >= 4 is 28.9 Å². The Balaban J connectivity index is 1.40. The van der Waals surface area contributed by atoms with Crippen LogP contribution < -0.4 is 5.32 Å². The minimum absolute atomic E-state index is 0.0841. The third kappa shape index (κ3) is 4.84. The molecule has 1 saturated heterocycles. The molecule has 4 rings (SSSR count). The Morgan fingerprint density at radius 1 is 1.13 bits per heavy atom. The number of carbonyl (C=O) groups excluding carboxylic acids is 2. The van der Waals surface area contributed by atoms with E-state index in [1.807, 2.05) is 24.3 Å². The number of nitrogens with one attached hydrogen (secondary N) is 2. The Morgan fingerprint density at radius 3 is 2.68 bits per heavy atom. The monoisotopic (exact) mass is 427 g/mol. The number of amides is 2. The number of fused-ring (bicyclic) bond motifs is 1. The Bertz CT molecular complexity index is 950. The number of carboxylic acids is 1. The maximum Gasteiger partial charge on any atom is 0.410 e. The lowest BCUT2D eigenvalue weighted by atomic mass is 9.98. The quantitative estimate of drug-likeness (QED) is 0.655. The molecule has 8 nitrogen and oxygen atoms in total. The molecule has 3 N–H and O–H groups in total. The van der Waals surface area contributed by atoms with Crippen LogP contribution in [0.1, 0.15) is 50.5 Å². The molecule has 31 heavy (non-hydrogen) atoms. The number of carbonyl (C=O) groups is 3. The molecule has 2 atom stereocenters. The third-order valence-corrected chi connectivity index (χ3v) is 6.32. The van der Waals surface area contributed by atoms with Crippen molar-refractivity contribution in [3.63, 3.8) is 0 Å². The summed E-state index contributed by atoms with van der Waals surface area (Å²) in [5, 5.41) is 13.3. The Morgan fingerprint density at radius 2 is 1.90 bits per heavy atom. The van der Waals surface area contributed by atoms with Gasteiger partial charge in [0.05, 0.1) is 0 Å². The van der Waals surface area contributed by atoms with E-state index < -0.39 is 30.1 Å². The second-order valence-corrected chi connectivity index (χ2v) is 8.46. The molecule has 1 saturated carbocycles. The van der Waals surface area contributed by atoms with Crippen LogP contribution in [0.4, 0.5) is 4.79 Å². The summed E-state index contributed by atoms with van der Waals surface area (Å²) in [6.07, 6.45) is 7.57. The highest BCUT2D eigenvalue weighted by atomic mass is 16.6. The molecule has 2 heterocycles. The van der Waals surface area contributed by atoms with Gasteiger partial charge in [0.2, 0.25) is 5.91 Å². The number of hydrogen-bond acceptors (Lipinski definition) is 4. The van der Waals surface area contributed by atoms with Gasteiger partial charge in [-0.2, -0.15) is 0 Å². The first-order chi connectivity index (χ1) is 15.0. The number of carboxylic acid groups (broad SMARTS) is 1. The topological polar surface area (TPSA) is 112 Å². The SMILES string of the molecule is O=C(O)[C@H](Cc1c[nH]c2ccccc12)NC(=O)[C@@H]1CCCN1C(=O)OC1CCCCC1. The number of ether oxygens (including phenoxy) is 1. The van der Waals surface area contributed by atoms with E-state index in [0.717, 1.165) is 48.6 Å². The fourth-order valence-corrected chi connectivity index (χ4v) is 4.64. The number of rotatable bonds is 6. The van der Waals surface area contributed by atoms with Crippen LogP contribution >= 0.6 is 0 Å². The standard InChI is InChI=1S/C23H29N3O5/c27-21(20-11-6-12-26(20)23(30)31-16-7-2-1-3-8-16)25-19(22(28)29)13-15-14-24-18-10-5-4-9-17(15)18/h4-5,9-10,14,16,19-20,24H,1-3,6-8,11-13H2,(H,25,27)(H,28,29)/t19-,20-/m0/s1. The van der Waals surface area contributed by atoms with E-state index in [0.29, 0.717) is 19.4 Å². The van der Waals surface area contributed by atoms with Gasteiger partial charge in [0.25, 0.3) is 0 Å². The zero-order valence-electron chi connectivity index (χ0n) is 17.5. The number of para-hydroxylation sites is 1. The van der Waals surface area contributed by atoms with Crippen molar-refractivity contribution in [2.45, 2.75) is 69.6 Å². The Labute approximate surface area is 180 Å². The first-order valence-electron chi connectivity index (χ1n) is 11.1. The van der Waals surface area contributed by atoms with Crippen molar-refractivity contribution in [2.24, 2.45) is 0 Å². The zero-order valence-corrected chi connectivity index (χ0v) is 17.5. The van der Waals surface area contributed by atoms with E-state index in [1.165, 1.54) is 4.90 Å².